The summed E-state index contributed by atoms with van der Waals surface area (Å²) in [5.41, 5.74) is 5.82. The lowest BCUT2D eigenvalue weighted by Crippen LogP contribution is -2.57. The third-order valence-electron chi connectivity index (χ3n) is 4.38. The van der Waals surface area contributed by atoms with Crippen molar-refractivity contribution in [1.82, 2.24) is 16.0 Å². The van der Waals surface area contributed by atoms with Crippen LogP contribution in [0.4, 0.5) is 0 Å². The van der Waals surface area contributed by atoms with Gasteiger partial charge in [0.15, 0.2) is 0 Å². The van der Waals surface area contributed by atoms with Crippen molar-refractivity contribution < 1.29 is 34.2 Å². The van der Waals surface area contributed by atoms with Gasteiger partial charge in [-0.3, -0.25) is 19.2 Å². The minimum atomic E-state index is -1.31. The van der Waals surface area contributed by atoms with Crippen LogP contribution in [0.2, 0.25) is 0 Å². The van der Waals surface area contributed by atoms with E-state index in [9.17, 15) is 29.1 Å². The van der Waals surface area contributed by atoms with Crippen LogP contribution >= 0.6 is 24.4 Å². The van der Waals surface area contributed by atoms with Gasteiger partial charge in [0.1, 0.15) is 18.1 Å². The van der Waals surface area contributed by atoms with Crippen LogP contribution in [0.1, 0.15) is 39.5 Å². The molecule has 0 rings (SSSR count). The second-order valence-electron chi connectivity index (χ2n) is 7.65. The highest BCUT2D eigenvalue weighted by atomic mass is 32.2. The fourth-order valence-electron chi connectivity index (χ4n) is 2.66. The van der Waals surface area contributed by atoms with Crippen molar-refractivity contribution >= 4 is 54.1 Å². The number of carbonyl (C=O) groups is 5. The van der Waals surface area contributed by atoms with Gasteiger partial charge in [-0.15, -0.1) is 0 Å². The summed E-state index contributed by atoms with van der Waals surface area (Å²) in [7, 11) is 0. The summed E-state index contributed by atoms with van der Waals surface area (Å²) in [6, 6.07) is -4.44. The number of amides is 3. The number of thioether (sulfide) groups is 1. The predicted molar refractivity (Wildman–Crippen MR) is 125 cm³/mol. The Balaban J connectivity index is 5.28. The van der Waals surface area contributed by atoms with E-state index in [1.165, 1.54) is 11.8 Å². The molecule has 0 aromatic rings. The average Bonchev–Trinajstić information content (AvgIpc) is 2.70. The molecule has 0 heterocycles. The zero-order chi connectivity index (χ0) is 24.8. The molecule has 0 spiro atoms. The molecule has 0 aliphatic heterocycles. The molecule has 4 atom stereocenters. The van der Waals surface area contributed by atoms with E-state index in [-0.39, 0.29) is 24.5 Å². The standard InChI is InChI=1S/C19H34N4O7S2/c1-10(2)8-11(20)16(26)23-14(9-31)18(28)21-12(4-5-15(24)25)17(27)22-13(19(29)30)6-7-32-3/h10-14,31H,4-9,20H2,1-3H3,(H,21,28)(H,22,27)(H,23,26)(H,24,25)(H,29,30). The van der Waals surface area contributed by atoms with Crippen molar-refractivity contribution in [1.29, 1.82) is 0 Å². The fraction of sp³-hybridized carbons (Fsp3) is 0.737. The van der Waals surface area contributed by atoms with Crippen molar-refractivity contribution in [2.45, 2.75) is 63.7 Å². The maximum absolute atomic E-state index is 12.6. The van der Waals surface area contributed by atoms with Gasteiger partial charge in [-0.1, -0.05) is 13.8 Å². The summed E-state index contributed by atoms with van der Waals surface area (Å²) in [4.78, 5) is 59.8. The van der Waals surface area contributed by atoms with Crippen LogP contribution in [-0.4, -0.2) is 81.8 Å². The molecule has 184 valence electrons. The van der Waals surface area contributed by atoms with Gasteiger partial charge in [0.05, 0.1) is 6.04 Å². The van der Waals surface area contributed by atoms with Crippen LogP contribution in [0.3, 0.4) is 0 Å². The van der Waals surface area contributed by atoms with Crippen LogP contribution in [0, 0.1) is 5.92 Å². The van der Waals surface area contributed by atoms with E-state index < -0.39 is 60.2 Å². The Kier molecular flexibility index (Phi) is 14.8. The monoisotopic (exact) mass is 494 g/mol. The first-order chi connectivity index (χ1) is 14.9. The molecule has 0 aliphatic carbocycles. The van der Waals surface area contributed by atoms with Crippen molar-refractivity contribution in [3.8, 4) is 0 Å². The van der Waals surface area contributed by atoms with E-state index >= 15 is 0 Å². The quantitative estimate of drug-likeness (QED) is 0.138. The number of hydrogen-bond acceptors (Lipinski definition) is 8. The van der Waals surface area contributed by atoms with Crippen LogP contribution in [0.25, 0.3) is 0 Å². The summed E-state index contributed by atoms with van der Waals surface area (Å²) < 4.78 is 0. The molecule has 0 bridgehead atoms. The van der Waals surface area contributed by atoms with Crippen LogP contribution in [0.15, 0.2) is 0 Å². The second-order valence-corrected chi connectivity index (χ2v) is 9.01. The Labute approximate surface area is 197 Å². The zero-order valence-corrected chi connectivity index (χ0v) is 20.2. The highest BCUT2D eigenvalue weighted by molar-refractivity contribution is 7.98. The number of thiol groups is 1. The van der Waals surface area contributed by atoms with Gasteiger partial charge in [0.25, 0.3) is 0 Å². The maximum atomic E-state index is 12.6. The minimum absolute atomic E-state index is 0.0925. The summed E-state index contributed by atoms with van der Waals surface area (Å²) in [6.07, 6.45) is 1.66. The first-order valence-corrected chi connectivity index (χ1v) is 12.2. The molecule has 0 saturated heterocycles. The van der Waals surface area contributed by atoms with E-state index in [4.69, 9.17) is 10.8 Å². The number of carbonyl (C=O) groups excluding carboxylic acids is 3. The molecule has 3 amide bonds. The third kappa shape index (κ3) is 12.2. The van der Waals surface area contributed by atoms with E-state index in [0.717, 1.165) is 0 Å². The van der Waals surface area contributed by atoms with Crippen molar-refractivity contribution in [3.63, 3.8) is 0 Å². The summed E-state index contributed by atoms with van der Waals surface area (Å²) >= 11 is 5.46. The number of hydrogen-bond donors (Lipinski definition) is 7. The van der Waals surface area contributed by atoms with Crippen molar-refractivity contribution in [3.05, 3.63) is 0 Å². The molecule has 4 unspecified atom stereocenters. The number of nitrogens with one attached hydrogen (secondary N) is 3. The van der Waals surface area contributed by atoms with E-state index in [1.807, 2.05) is 13.8 Å². The van der Waals surface area contributed by atoms with Gasteiger partial charge in [0, 0.05) is 12.2 Å². The highest BCUT2D eigenvalue weighted by Crippen LogP contribution is 2.06. The SMILES string of the molecule is CSCCC(NC(=O)C(CCC(=O)O)NC(=O)C(CS)NC(=O)C(N)CC(C)C)C(=O)O. The van der Waals surface area contributed by atoms with Gasteiger partial charge in [-0.25, -0.2) is 4.79 Å². The first kappa shape index (κ1) is 30.0. The minimum Gasteiger partial charge on any atom is -0.481 e. The first-order valence-electron chi connectivity index (χ1n) is 10.1. The van der Waals surface area contributed by atoms with Crippen LogP contribution in [0.5, 0.6) is 0 Å². The molecule has 7 N–H and O–H groups in total. The Morgan fingerprint density at radius 3 is 1.91 bits per heavy atom. The molecular formula is C19H34N4O7S2. The normalized spacial score (nSPS) is 14.7. The predicted octanol–water partition coefficient (Wildman–Crippen LogP) is -0.553. The molecule has 0 fully saturated rings. The summed E-state index contributed by atoms with van der Waals surface area (Å²) in [6.45, 7) is 3.79. The Morgan fingerprint density at radius 2 is 1.44 bits per heavy atom. The van der Waals surface area contributed by atoms with Gasteiger partial charge in [-0.05, 0) is 37.2 Å². The Morgan fingerprint density at radius 1 is 0.906 bits per heavy atom. The summed E-state index contributed by atoms with van der Waals surface area (Å²) in [5, 5.41) is 25.4. The number of carboxylic acids is 2. The molecule has 13 heteroatoms. The van der Waals surface area contributed by atoms with Gasteiger partial charge < -0.3 is 31.9 Å². The number of aliphatic carboxylic acids is 2. The van der Waals surface area contributed by atoms with Gasteiger partial charge >= 0.3 is 11.9 Å². The third-order valence-corrected chi connectivity index (χ3v) is 5.39. The van der Waals surface area contributed by atoms with Crippen LogP contribution < -0.4 is 21.7 Å². The van der Waals surface area contributed by atoms with E-state index in [0.29, 0.717) is 12.2 Å². The number of nitrogens with two attached hydrogens (primary N) is 1. The second kappa shape index (κ2) is 15.8. The Hall–Kier alpha value is -1.99. The lowest BCUT2D eigenvalue weighted by Gasteiger charge is -2.24. The fourth-order valence-corrected chi connectivity index (χ4v) is 3.39. The maximum Gasteiger partial charge on any atom is 0.326 e. The van der Waals surface area contributed by atoms with E-state index in [1.54, 1.807) is 6.26 Å². The lowest BCUT2D eigenvalue weighted by atomic mass is 10.0. The van der Waals surface area contributed by atoms with E-state index in [2.05, 4.69) is 28.6 Å². The van der Waals surface area contributed by atoms with Crippen LogP contribution in [-0.2, 0) is 24.0 Å². The summed E-state index contributed by atoms with van der Waals surface area (Å²) in [5.74, 6) is -4.01. The molecule has 0 saturated carbocycles. The molecule has 0 aromatic carbocycles. The van der Waals surface area contributed by atoms with Gasteiger partial charge in [-0.2, -0.15) is 24.4 Å². The molecule has 11 nitrogen and oxygen atoms in total. The molecule has 0 aliphatic rings. The molecule has 0 aromatic heterocycles. The number of rotatable bonds is 16. The smallest absolute Gasteiger partial charge is 0.326 e. The number of carboxylic acid groups (broad SMARTS) is 2. The topological polar surface area (TPSA) is 188 Å². The van der Waals surface area contributed by atoms with Gasteiger partial charge in [0.2, 0.25) is 17.7 Å². The van der Waals surface area contributed by atoms with Crippen molar-refractivity contribution in [2.75, 3.05) is 17.8 Å². The largest absolute Gasteiger partial charge is 0.481 e. The zero-order valence-electron chi connectivity index (χ0n) is 18.5. The molecule has 0 radical (unpaired) electrons. The lowest BCUT2D eigenvalue weighted by molar-refractivity contribution is -0.143. The Bertz CT molecular complexity index is 664. The highest BCUT2D eigenvalue weighted by Gasteiger charge is 2.30. The molecule has 32 heavy (non-hydrogen) atoms. The van der Waals surface area contributed by atoms with Crippen molar-refractivity contribution in [2.24, 2.45) is 11.7 Å². The average molecular weight is 495 g/mol. The molecular weight excluding hydrogens is 460 g/mol.